The van der Waals surface area contributed by atoms with Crippen molar-refractivity contribution in [2.75, 3.05) is 20.3 Å². The number of alkyl carbamates (subject to hydrolysis) is 1. The van der Waals surface area contributed by atoms with E-state index in [4.69, 9.17) is 14.7 Å². The van der Waals surface area contributed by atoms with E-state index in [1.54, 1.807) is 4.90 Å². The molecule has 0 radical (unpaired) electrons. The molecule has 0 spiro atoms. The van der Waals surface area contributed by atoms with Gasteiger partial charge in [0.05, 0.1) is 42.1 Å². The van der Waals surface area contributed by atoms with E-state index in [0.29, 0.717) is 12.5 Å². The number of nitrogens with zero attached hydrogens (tertiary/aromatic N) is 4. The van der Waals surface area contributed by atoms with E-state index in [9.17, 15) is 24.3 Å². The van der Waals surface area contributed by atoms with Crippen molar-refractivity contribution in [1.29, 1.82) is 0 Å². The molecule has 61 heavy (non-hydrogen) atoms. The van der Waals surface area contributed by atoms with Crippen molar-refractivity contribution in [3.8, 4) is 22.4 Å². The molecule has 5 heterocycles. The van der Waals surface area contributed by atoms with Crippen molar-refractivity contribution in [1.82, 2.24) is 40.4 Å². The fraction of sp³-hybridized carbons (Fsp3) is 0.478. The molecule has 3 aliphatic rings. The Hall–Kier alpha value is -5.54. The Kier molecular flexibility index (Phi) is 11.6. The summed E-state index contributed by atoms with van der Waals surface area (Å²) in [5.41, 5.74) is 5.73. The van der Waals surface area contributed by atoms with Gasteiger partial charge in [-0.1, -0.05) is 89.3 Å². The van der Waals surface area contributed by atoms with Gasteiger partial charge in [-0.2, -0.15) is 0 Å². The first-order valence-electron chi connectivity index (χ1n) is 21.6. The molecule has 2 aromatic heterocycles. The van der Waals surface area contributed by atoms with Gasteiger partial charge in [0.25, 0.3) is 0 Å². The smallest absolute Gasteiger partial charge is 0.407 e. The van der Waals surface area contributed by atoms with Crippen LogP contribution in [0.3, 0.4) is 0 Å². The number of carbonyl (C=O) groups excluding carboxylic acids is 4. The molecular weight excluding hydrogens is 789 g/mol. The average molecular weight is 847 g/mol. The second-order valence-electron chi connectivity index (χ2n) is 18.7. The molecule has 3 unspecified atom stereocenters. The van der Waals surface area contributed by atoms with E-state index in [0.717, 1.165) is 81.1 Å². The number of amides is 4. The highest BCUT2D eigenvalue weighted by Crippen LogP contribution is 2.51. The molecule has 0 saturated carbocycles. The third kappa shape index (κ3) is 8.17. The number of likely N-dealkylation sites (tertiary alicyclic amines) is 2. The normalized spacial score (nSPS) is 21.9. The summed E-state index contributed by atoms with van der Waals surface area (Å²) in [7, 11) is -0.136. The van der Waals surface area contributed by atoms with Gasteiger partial charge in [0, 0.05) is 26.0 Å². The van der Waals surface area contributed by atoms with E-state index < -0.39 is 38.8 Å². The topological polar surface area (TPSA) is 186 Å². The number of methoxy groups -OCH3 is 1. The number of imidazole rings is 2. The van der Waals surface area contributed by atoms with E-state index in [-0.39, 0.29) is 41.8 Å². The maximum Gasteiger partial charge on any atom is 0.407 e. The lowest BCUT2D eigenvalue weighted by molar-refractivity contribution is -0.139. The zero-order valence-electron chi connectivity index (χ0n) is 36.1. The van der Waals surface area contributed by atoms with Crippen LogP contribution in [0.4, 0.5) is 4.79 Å². The minimum absolute atomic E-state index is 0.0774. The van der Waals surface area contributed by atoms with Gasteiger partial charge in [-0.15, -0.1) is 0 Å². The van der Waals surface area contributed by atoms with Gasteiger partial charge in [0.15, 0.2) is 0 Å². The number of ether oxygens (including phenoxy) is 1. The first-order chi connectivity index (χ1) is 29.2. The van der Waals surface area contributed by atoms with Crippen LogP contribution in [0.25, 0.3) is 44.2 Å². The zero-order valence-corrected chi connectivity index (χ0v) is 37.1. The summed E-state index contributed by atoms with van der Waals surface area (Å²) in [6.45, 7) is 12.4. The van der Waals surface area contributed by atoms with Crippen LogP contribution in [0.1, 0.15) is 70.7 Å². The second-order valence-corrected chi connectivity index (χ2v) is 23.8. The summed E-state index contributed by atoms with van der Waals surface area (Å²) in [6.07, 6.45) is 3.68. The van der Waals surface area contributed by atoms with E-state index in [1.807, 2.05) is 44.9 Å². The van der Waals surface area contributed by atoms with Crippen molar-refractivity contribution < 1.29 is 29.0 Å². The Morgan fingerprint density at radius 2 is 1.57 bits per heavy atom. The predicted octanol–water partition coefficient (Wildman–Crippen LogP) is 6.93. The summed E-state index contributed by atoms with van der Waals surface area (Å²) in [4.78, 5) is 73.1. The van der Waals surface area contributed by atoms with Gasteiger partial charge >= 0.3 is 6.09 Å². The number of hydrogen-bond acceptors (Lipinski definition) is 8. The summed E-state index contributed by atoms with van der Waals surface area (Å²) in [5.74, 6) is 0.834. The fourth-order valence-electron chi connectivity index (χ4n) is 10.2. The number of benzene rings is 3. The number of hydrogen-bond donors (Lipinski definition) is 5. The molecule has 15 heteroatoms. The van der Waals surface area contributed by atoms with Crippen LogP contribution in [0.2, 0.25) is 25.2 Å². The highest BCUT2D eigenvalue weighted by Gasteiger charge is 2.54. The highest BCUT2D eigenvalue weighted by molar-refractivity contribution is 6.78. The third-order valence-electron chi connectivity index (χ3n) is 13.2. The van der Waals surface area contributed by atoms with Gasteiger partial charge in [0.1, 0.15) is 30.3 Å². The van der Waals surface area contributed by atoms with Crippen LogP contribution in [0.5, 0.6) is 0 Å². The Balaban J connectivity index is 1.01. The molecular formula is C46H58N8O6Si. The highest BCUT2D eigenvalue weighted by atomic mass is 28.3. The van der Waals surface area contributed by atoms with Crippen LogP contribution in [-0.2, 0) is 19.1 Å². The number of fused-ring (bicyclic) bond motifs is 4. The predicted molar refractivity (Wildman–Crippen MR) is 237 cm³/mol. The van der Waals surface area contributed by atoms with Gasteiger partial charge in [0.2, 0.25) is 17.7 Å². The molecule has 0 aliphatic carbocycles. The monoisotopic (exact) mass is 846 g/mol. The SMILES string of the molecule is COC(=O)N[C@H](C(=O)N1C(c2ncc(-c3ccc(-c4ccc5c(ccc6nc([C@@H]7CCCN7C(=O)[C@@H](NC(=O)CO)C(C)C)[nH]c65)c4)cc3)[nH]2)CC2C[Si](C)(C)CC21)C(C)C. The van der Waals surface area contributed by atoms with Gasteiger partial charge in [-0.05, 0) is 77.3 Å². The lowest BCUT2D eigenvalue weighted by Crippen LogP contribution is -2.53. The van der Waals surface area contributed by atoms with Gasteiger partial charge in [-0.25, -0.2) is 14.8 Å². The molecule has 8 rings (SSSR count). The van der Waals surface area contributed by atoms with Crippen LogP contribution in [0.15, 0.2) is 60.8 Å². The van der Waals surface area contributed by atoms with Crippen LogP contribution in [0, 0.1) is 17.8 Å². The number of aromatic amines is 2. The minimum Gasteiger partial charge on any atom is -0.453 e. The number of rotatable bonds is 11. The Morgan fingerprint density at radius 3 is 2.28 bits per heavy atom. The molecule has 3 aliphatic heterocycles. The quantitative estimate of drug-likeness (QED) is 0.0886. The first kappa shape index (κ1) is 42.2. The lowest BCUT2D eigenvalue weighted by Gasteiger charge is -2.34. The fourth-order valence-corrected chi connectivity index (χ4v) is 13.9. The second kappa shape index (κ2) is 16.7. The largest absolute Gasteiger partial charge is 0.453 e. The lowest BCUT2D eigenvalue weighted by atomic mass is 9.99. The number of aromatic nitrogens is 4. The number of nitrogens with one attached hydrogen (secondary N) is 4. The average Bonchev–Trinajstić information content (AvgIpc) is 4.09. The molecule has 4 amide bonds. The van der Waals surface area contributed by atoms with E-state index in [2.05, 4.69) is 82.2 Å². The molecule has 5 aromatic rings. The zero-order chi connectivity index (χ0) is 43.3. The van der Waals surface area contributed by atoms with Crippen molar-refractivity contribution >= 4 is 53.7 Å². The summed E-state index contributed by atoms with van der Waals surface area (Å²) >= 11 is 0. The first-order valence-corrected chi connectivity index (χ1v) is 25.0. The maximum atomic E-state index is 14.3. The van der Waals surface area contributed by atoms with E-state index in [1.165, 1.54) is 13.2 Å². The number of aliphatic hydroxyl groups excluding tert-OH is 1. The third-order valence-corrected chi connectivity index (χ3v) is 16.3. The molecule has 3 aromatic carbocycles. The van der Waals surface area contributed by atoms with Crippen molar-refractivity contribution in [3.63, 3.8) is 0 Å². The van der Waals surface area contributed by atoms with Crippen LogP contribution >= 0.6 is 0 Å². The summed E-state index contributed by atoms with van der Waals surface area (Å²) < 4.78 is 4.89. The Labute approximate surface area is 357 Å². The van der Waals surface area contributed by atoms with Crippen molar-refractivity contribution in [2.24, 2.45) is 17.8 Å². The van der Waals surface area contributed by atoms with Gasteiger partial charge < -0.3 is 40.2 Å². The molecule has 5 N–H and O–H groups in total. The van der Waals surface area contributed by atoms with E-state index >= 15 is 0 Å². The Morgan fingerprint density at radius 1 is 0.869 bits per heavy atom. The standard InChI is InChI=1S/C46H58N8O6Si/c1-25(2)39(50-38(56)22-55)44(57)53-18-8-9-35(53)43-48-33-17-15-30-19-29(14-16-32(30)41(33)51-43)27-10-12-28(13-11-27)34-21-47-42(49-34)36-20-31-23-61(6,7)24-37(31)54(36)45(58)40(26(3)4)52-46(59)60-5/h10-17,19,21,25-26,31,35-37,39-40,55H,8-9,18,20,22-24H2,1-7H3,(H,47,49)(H,48,51)(H,50,56)(H,52,59)/t31?,35-,36?,37?,39-,40-/m0/s1. The number of aliphatic hydroxyl groups is 1. The molecule has 3 fully saturated rings. The molecule has 6 atom stereocenters. The maximum absolute atomic E-state index is 14.3. The van der Waals surface area contributed by atoms with Crippen LogP contribution < -0.4 is 10.6 Å². The molecule has 322 valence electrons. The molecule has 14 nitrogen and oxygen atoms in total. The van der Waals surface area contributed by atoms with Crippen molar-refractivity contribution in [3.05, 3.63) is 72.4 Å². The Bertz CT molecular complexity index is 2460. The minimum atomic E-state index is -1.45. The van der Waals surface area contributed by atoms with Crippen LogP contribution in [-0.4, -0.2) is 105 Å². The van der Waals surface area contributed by atoms with Gasteiger partial charge in [-0.3, -0.25) is 14.4 Å². The molecule has 3 saturated heterocycles. The number of carbonyl (C=O) groups is 4. The summed E-state index contributed by atoms with van der Waals surface area (Å²) in [6, 6.07) is 19.3. The van der Waals surface area contributed by atoms with Crippen molar-refractivity contribution in [2.45, 2.75) is 102 Å². The number of H-pyrrole nitrogens is 2. The molecule has 0 bridgehead atoms. The summed E-state index contributed by atoms with van der Waals surface area (Å²) in [5, 5.41) is 16.9.